The SMILES string of the molecule is COc1ccc(COC[C@@H](O)CN)c(OC)c1. The third kappa shape index (κ3) is 4.22. The molecule has 0 amide bonds. The summed E-state index contributed by atoms with van der Waals surface area (Å²) in [5, 5.41) is 9.24. The van der Waals surface area contributed by atoms with Crippen molar-refractivity contribution in [3.8, 4) is 11.5 Å². The van der Waals surface area contributed by atoms with Crippen LogP contribution < -0.4 is 15.2 Å². The van der Waals surface area contributed by atoms with Gasteiger partial charge in [-0.25, -0.2) is 0 Å². The van der Waals surface area contributed by atoms with Gasteiger partial charge in [0, 0.05) is 18.2 Å². The van der Waals surface area contributed by atoms with E-state index < -0.39 is 6.10 Å². The molecule has 0 saturated carbocycles. The van der Waals surface area contributed by atoms with Gasteiger partial charge < -0.3 is 25.1 Å². The Bertz CT molecular complexity index is 343. The predicted molar refractivity (Wildman–Crippen MR) is 64.3 cm³/mol. The van der Waals surface area contributed by atoms with Gasteiger partial charge in [0.2, 0.25) is 0 Å². The smallest absolute Gasteiger partial charge is 0.128 e. The predicted octanol–water partition coefficient (Wildman–Crippen LogP) is 0.540. The highest BCUT2D eigenvalue weighted by molar-refractivity contribution is 5.40. The van der Waals surface area contributed by atoms with E-state index in [9.17, 15) is 5.11 Å². The molecule has 96 valence electrons. The van der Waals surface area contributed by atoms with Gasteiger partial charge in [-0.3, -0.25) is 0 Å². The first kappa shape index (κ1) is 13.8. The maximum Gasteiger partial charge on any atom is 0.128 e. The third-order valence-corrected chi connectivity index (χ3v) is 2.33. The molecule has 0 spiro atoms. The normalized spacial score (nSPS) is 12.2. The zero-order chi connectivity index (χ0) is 12.7. The van der Waals surface area contributed by atoms with Crippen LogP contribution in [-0.4, -0.2) is 38.6 Å². The van der Waals surface area contributed by atoms with E-state index in [-0.39, 0.29) is 13.2 Å². The van der Waals surface area contributed by atoms with Gasteiger partial charge in [-0.1, -0.05) is 0 Å². The van der Waals surface area contributed by atoms with Gasteiger partial charge in [-0.2, -0.15) is 0 Å². The van der Waals surface area contributed by atoms with Crippen LogP contribution in [0.1, 0.15) is 5.56 Å². The monoisotopic (exact) mass is 241 g/mol. The first-order chi connectivity index (χ1) is 8.21. The number of methoxy groups -OCH3 is 2. The summed E-state index contributed by atoms with van der Waals surface area (Å²) in [4.78, 5) is 0. The van der Waals surface area contributed by atoms with Crippen LogP contribution in [0, 0.1) is 0 Å². The Morgan fingerprint density at radius 2 is 2.06 bits per heavy atom. The van der Waals surface area contributed by atoms with E-state index >= 15 is 0 Å². The van der Waals surface area contributed by atoms with Crippen LogP contribution >= 0.6 is 0 Å². The molecule has 1 aromatic rings. The van der Waals surface area contributed by atoms with Gasteiger partial charge in [-0.05, 0) is 12.1 Å². The van der Waals surface area contributed by atoms with E-state index in [1.54, 1.807) is 20.3 Å². The van der Waals surface area contributed by atoms with Gasteiger partial charge in [0.15, 0.2) is 0 Å². The summed E-state index contributed by atoms with van der Waals surface area (Å²) in [6, 6.07) is 5.49. The van der Waals surface area contributed by atoms with Crippen LogP contribution in [0.3, 0.4) is 0 Å². The van der Waals surface area contributed by atoms with Crippen molar-refractivity contribution in [1.82, 2.24) is 0 Å². The topological polar surface area (TPSA) is 73.9 Å². The van der Waals surface area contributed by atoms with Gasteiger partial charge in [0.1, 0.15) is 11.5 Å². The fraction of sp³-hybridized carbons (Fsp3) is 0.500. The van der Waals surface area contributed by atoms with E-state index in [0.29, 0.717) is 12.4 Å². The summed E-state index contributed by atoms with van der Waals surface area (Å²) < 4.78 is 15.7. The standard InChI is InChI=1S/C12H19NO4/c1-15-11-4-3-9(12(5-11)16-2)7-17-8-10(14)6-13/h3-5,10,14H,6-8,13H2,1-2H3/t10-/m0/s1. The zero-order valence-electron chi connectivity index (χ0n) is 10.2. The molecule has 1 atom stereocenters. The molecule has 0 bridgehead atoms. The van der Waals surface area contributed by atoms with Crippen molar-refractivity contribution in [2.45, 2.75) is 12.7 Å². The highest BCUT2D eigenvalue weighted by Crippen LogP contribution is 2.25. The molecule has 5 nitrogen and oxygen atoms in total. The van der Waals surface area contributed by atoms with Crippen LogP contribution in [0.2, 0.25) is 0 Å². The Morgan fingerprint density at radius 3 is 2.65 bits per heavy atom. The molecule has 0 aliphatic carbocycles. The Kier molecular flexibility index (Phi) is 5.76. The van der Waals surface area contributed by atoms with Crippen molar-refractivity contribution in [2.75, 3.05) is 27.4 Å². The Morgan fingerprint density at radius 1 is 1.29 bits per heavy atom. The van der Waals surface area contributed by atoms with Crippen molar-refractivity contribution in [3.05, 3.63) is 23.8 Å². The molecule has 3 N–H and O–H groups in total. The fourth-order valence-electron chi connectivity index (χ4n) is 1.34. The van der Waals surface area contributed by atoms with Crippen LogP contribution in [0.25, 0.3) is 0 Å². The highest BCUT2D eigenvalue weighted by atomic mass is 16.5. The van der Waals surface area contributed by atoms with Gasteiger partial charge >= 0.3 is 0 Å². The first-order valence-electron chi connectivity index (χ1n) is 5.38. The van der Waals surface area contributed by atoms with E-state index in [4.69, 9.17) is 19.9 Å². The lowest BCUT2D eigenvalue weighted by Gasteiger charge is -2.12. The molecule has 0 saturated heterocycles. The molecule has 0 radical (unpaired) electrons. The van der Waals surface area contributed by atoms with Crippen molar-refractivity contribution >= 4 is 0 Å². The highest BCUT2D eigenvalue weighted by Gasteiger charge is 2.06. The number of benzene rings is 1. The number of nitrogens with two attached hydrogens (primary N) is 1. The molecule has 0 heterocycles. The van der Waals surface area contributed by atoms with E-state index in [2.05, 4.69) is 0 Å². The van der Waals surface area contributed by atoms with Crippen LogP contribution in [0.15, 0.2) is 18.2 Å². The van der Waals surface area contributed by atoms with Crippen molar-refractivity contribution in [2.24, 2.45) is 5.73 Å². The molecular formula is C12H19NO4. The molecule has 1 rings (SSSR count). The molecule has 0 aromatic heterocycles. The fourth-order valence-corrected chi connectivity index (χ4v) is 1.34. The molecule has 0 aliphatic rings. The molecule has 17 heavy (non-hydrogen) atoms. The number of aliphatic hydroxyl groups is 1. The molecule has 0 aliphatic heterocycles. The largest absolute Gasteiger partial charge is 0.497 e. The average molecular weight is 241 g/mol. The second kappa shape index (κ2) is 7.11. The van der Waals surface area contributed by atoms with Gasteiger partial charge in [0.25, 0.3) is 0 Å². The Balaban J connectivity index is 2.58. The summed E-state index contributed by atoms with van der Waals surface area (Å²) in [5.41, 5.74) is 6.17. The molecule has 0 unspecified atom stereocenters. The maximum absolute atomic E-state index is 9.24. The lowest BCUT2D eigenvalue weighted by molar-refractivity contribution is 0.0322. The molecule has 1 aromatic carbocycles. The van der Waals surface area contributed by atoms with Crippen molar-refractivity contribution in [1.29, 1.82) is 0 Å². The minimum atomic E-state index is -0.626. The number of hydrogen-bond acceptors (Lipinski definition) is 5. The first-order valence-corrected chi connectivity index (χ1v) is 5.38. The second-order valence-corrected chi connectivity index (χ2v) is 3.58. The number of aliphatic hydroxyl groups excluding tert-OH is 1. The third-order valence-electron chi connectivity index (χ3n) is 2.33. The number of rotatable bonds is 7. The summed E-state index contributed by atoms with van der Waals surface area (Å²) in [6.45, 7) is 0.773. The van der Waals surface area contributed by atoms with Gasteiger partial charge in [0.05, 0.1) is 33.5 Å². The van der Waals surface area contributed by atoms with E-state index in [1.807, 2.05) is 12.1 Å². The van der Waals surface area contributed by atoms with Crippen LogP contribution in [-0.2, 0) is 11.3 Å². The molecule has 5 heteroatoms. The average Bonchev–Trinajstić information content (AvgIpc) is 2.38. The van der Waals surface area contributed by atoms with Crippen LogP contribution in [0.5, 0.6) is 11.5 Å². The summed E-state index contributed by atoms with van der Waals surface area (Å²) >= 11 is 0. The van der Waals surface area contributed by atoms with Crippen LogP contribution in [0.4, 0.5) is 0 Å². The number of ether oxygens (including phenoxy) is 3. The quantitative estimate of drug-likeness (QED) is 0.729. The minimum absolute atomic E-state index is 0.194. The molecular weight excluding hydrogens is 222 g/mol. The number of hydrogen-bond donors (Lipinski definition) is 2. The van der Waals surface area contributed by atoms with E-state index in [0.717, 1.165) is 11.3 Å². The Hall–Kier alpha value is -1.30. The van der Waals surface area contributed by atoms with Gasteiger partial charge in [-0.15, -0.1) is 0 Å². The lowest BCUT2D eigenvalue weighted by Crippen LogP contribution is -2.25. The summed E-state index contributed by atoms with van der Waals surface area (Å²) in [7, 11) is 3.19. The van der Waals surface area contributed by atoms with Crippen molar-refractivity contribution < 1.29 is 19.3 Å². The summed E-state index contributed by atoms with van der Waals surface area (Å²) in [5.74, 6) is 1.43. The van der Waals surface area contributed by atoms with Crippen molar-refractivity contribution in [3.63, 3.8) is 0 Å². The summed E-state index contributed by atoms with van der Waals surface area (Å²) in [6.07, 6.45) is -0.626. The maximum atomic E-state index is 9.24. The minimum Gasteiger partial charge on any atom is -0.497 e. The lowest BCUT2D eigenvalue weighted by atomic mass is 10.2. The Labute approximate surface area is 101 Å². The van der Waals surface area contributed by atoms with E-state index in [1.165, 1.54) is 0 Å². The molecule has 0 fully saturated rings. The zero-order valence-corrected chi connectivity index (χ0v) is 10.2. The second-order valence-electron chi connectivity index (χ2n) is 3.58.